The normalized spacial score (nSPS) is 14.3. The van der Waals surface area contributed by atoms with Gasteiger partial charge >= 0.3 is 0 Å². The summed E-state index contributed by atoms with van der Waals surface area (Å²) in [7, 11) is 0. The highest BCUT2D eigenvalue weighted by Gasteiger charge is 2.23. The van der Waals surface area contributed by atoms with Crippen molar-refractivity contribution in [3.63, 3.8) is 0 Å². The highest BCUT2D eigenvalue weighted by atomic mass is 16.1. The van der Waals surface area contributed by atoms with Crippen LogP contribution in [0.15, 0.2) is 42.7 Å². The maximum Gasteiger partial charge on any atom is 0.184 e. The van der Waals surface area contributed by atoms with Gasteiger partial charge in [-0.15, -0.1) is 0 Å². The molecule has 20 heavy (non-hydrogen) atoms. The molecule has 0 fully saturated rings. The first-order chi connectivity index (χ1) is 9.79. The number of aryl methyl sites for hydroxylation is 2. The Morgan fingerprint density at radius 2 is 2.10 bits per heavy atom. The van der Waals surface area contributed by atoms with Crippen molar-refractivity contribution in [2.24, 2.45) is 0 Å². The van der Waals surface area contributed by atoms with E-state index < -0.39 is 5.92 Å². The number of Topliss-reactive ketones (excluding diaryl/α,β-unsaturated/α-hetero) is 1. The molecule has 0 N–H and O–H groups in total. The molecule has 0 saturated carbocycles. The van der Waals surface area contributed by atoms with E-state index >= 15 is 0 Å². The van der Waals surface area contributed by atoms with E-state index in [1.807, 2.05) is 18.2 Å². The van der Waals surface area contributed by atoms with E-state index in [0.717, 1.165) is 19.3 Å². The second kappa shape index (κ2) is 5.26. The molecular weight excluding hydrogens is 248 g/mol. The number of hydrogen-bond donors (Lipinski definition) is 0. The number of nitriles is 1. The summed E-state index contributed by atoms with van der Waals surface area (Å²) in [6.07, 6.45) is 6.49. The largest absolute Gasteiger partial charge is 0.292 e. The fourth-order valence-electron chi connectivity index (χ4n) is 2.72. The van der Waals surface area contributed by atoms with Crippen LogP contribution in [0.2, 0.25) is 0 Å². The van der Waals surface area contributed by atoms with Crippen LogP contribution in [0.4, 0.5) is 0 Å². The lowest BCUT2D eigenvalue weighted by Crippen LogP contribution is -2.12. The number of nitrogens with zero attached hydrogens (tertiary/aromatic N) is 2. The van der Waals surface area contributed by atoms with Crippen LogP contribution in [0.3, 0.4) is 0 Å². The molecule has 0 spiro atoms. The summed E-state index contributed by atoms with van der Waals surface area (Å²) in [5, 5.41) is 9.31. The molecule has 1 atom stereocenters. The molecule has 0 saturated heterocycles. The summed E-state index contributed by atoms with van der Waals surface area (Å²) in [5.74, 6) is -0.918. The van der Waals surface area contributed by atoms with Crippen LogP contribution in [-0.4, -0.2) is 10.8 Å². The Labute approximate surface area is 117 Å². The number of hydrogen-bond acceptors (Lipinski definition) is 3. The minimum absolute atomic E-state index is 0.143. The number of aromatic nitrogens is 1. The number of carbonyl (C=O) groups is 1. The van der Waals surface area contributed by atoms with E-state index in [9.17, 15) is 10.1 Å². The number of ketones is 1. The van der Waals surface area contributed by atoms with Gasteiger partial charge in [0.05, 0.1) is 6.07 Å². The summed E-state index contributed by atoms with van der Waals surface area (Å²) in [5.41, 5.74) is 3.86. The molecule has 1 aliphatic rings. The van der Waals surface area contributed by atoms with Crippen molar-refractivity contribution in [1.29, 1.82) is 5.26 Å². The molecule has 98 valence electrons. The molecule has 0 aliphatic heterocycles. The number of carbonyl (C=O) groups excluding carboxylic acids is 1. The van der Waals surface area contributed by atoms with Gasteiger partial charge in [0.15, 0.2) is 5.78 Å². The van der Waals surface area contributed by atoms with E-state index in [-0.39, 0.29) is 5.78 Å². The van der Waals surface area contributed by atoms with Crippen LogP contribution < -0.4 is 0 Å². The van der Waals surface area contributed by atoms with Crippen LogP contribution in [0.1, 0.15) is 39.4 Å². The van der Waals surface area contributed by atoms with Crippen LogP contribution >= 0.6 is 0 Å². The Hall–Kier alpha value is -2.47. The molecule has 0 radical (unpaired) electrons. The van der Waals surface area contributed by atoms with Gasteiger partial charge in [-0.25, -0.2) is 0 Å². The topological polar surface area (TPSA) is 53.8 Å². The highest BCUT2D eigenvalue weighted by molar-refractivity contribution is 6.02. The standard InChI is InChI=1S/C17H14N2O/c18-10-16(15-5-2-8-19-11-15)17(20)14-7-6-12-3-1-4-13(12)9-14/h2,5-9,11,16H,1,3-4H2. The van der Waals surface area contributed by atoms with E-state index in [0.29, 0.717) is 11.1 Å². The number of benzene rings is 1. The van der Waals surface area contributed by atoms with Gasteiger partial charge in [0.2, 0.25) is 0 Å². The molecule has 1 aromatic carbocycles. The molecule has 3 rings (SSSR count). The Morgan fingerprint density at radius 1 is 1.25 bits per heavy atom. The van der Waals surface area contributed by atoms with Crippen LogP contribution in [-0.2, 0) is 12.8 Å². The van der Waals surface area contributed by atoms with Gasteiger partial charge < -0.3 is 0 Å². The predicted molar refractivity (Wildman–Crippen MR) is 75.4 cm³/mol. The molecule has 1 unspecified atom stereocenters. The van der Waals surface area contributed by atoms with Gasteiger partial charge in [0.1, 0.15) is 5.92 Å². The molecular formula is C17H14N2O. The van der Waals surface area contributed by atoms with Gasteiger partial charge in [-0.2, -0.15) is 5.26 Å². The second-order valence-electron chi connectivity index (χ2n) is 5.05. The third-order valence-electron chi connectivity index (χ3n) is 3.79. The van der Waals surface area contributed by atoms with Crippen molar-refractivity contribution in [2.45, 2.75) is 25.2 Å². The van der Waals surface area contributed by atoms with E-state index in [1.165, 1.54) is 11.1 Å². The quantitative estimate of drug-likeness (QED) is 0.799. The molecule has 0 amide bonds. The third-order valence-corrected chi connectivity index (χ3v) is 3.79. The molecule has 2 aromatic rings. The summed E-state index contributed by atoms with van der Waals surface area (Å²) in [4.78, 5) is 16.5. The minimum Gasteiger partial charge on any atom is -0.292 e. The zero-order valence-electron chi connectivity index (χ0n) is 11.0. The molecule has 0 bridgehead atoms. The van der Waals surface area contributed by atoms with Gasteiger partial charge in [0, 0.05) is 18.0 Å². The molecule has 3 nitrogen and oxygen atoms in total. The van der Waals surface area contributed by atoms with Crippen molar-refractivity contribution in [1.82, 2.24) is 4.98 Å². The number of rotatable bonds is 3. The average Bonchev–Trinajstić information content (AvgIpc) is 2.96. The summed E-state index contributed by atoms with van der Waals surface area (Å²) >= 11 is 0. The minimum atomic E-state index is -0.775. The second-order valence-corrected chi connectivity index (χ2v) is 5.05. The van der Waals surface area contributed by atoms with Gasteiger partial charge in [-0.3, -0.25) is 9.78 Å². The zero-order valence-corrected chi connectivity index (χ0v) is 11.0. The maximum atomic E-state index is 12.5. The Bertz CT molecular complexity index is 686. The lowest BCUT2D eigenvalue weighted by Gasteiger charge is -2.09. The number of pyridine rings is 1. The van der Waals surface area contributed by atoms with Crippen molar-refractivity contribution < 1.29 is 4.79 Å². The van der Waals surface area contributed by atoms with Crippen molar-refractivity contribution in [2.75, 3.05) is 0 Å². The van der Waals surface area contributed by atoms with E-state index in [2.05, 4.69) is 11.1 Å². The molecule has 1 aliphatic carbocycles. The summed E-state index contributed by atoms with van der Waals surface area (Å²) in [6, 6.07) is 11.4. The fourth-order valence-corrected chi connectivity index (χ4v) is 2.72. The van der Waals surface area contributed by atoms with Crippen LogP contribution in [0, 0.1) is 11.3 Å². The molecule has 3 heteroatoms. The lowest BCUT2D eigenvalue weighted by molar-refractivity contribution is 0.0978. The Morgan fingerprint density at radius 3 is 2.85 bits per heavy atom. The predicted octanol–water partition coefficient (Wildman–Crippen LogP) is 3.06. The fraction of sp³-hybridized carbons (Fsp3) is 0.235. The lowest BCUT2D eigenvalue weighted by atomic mass is 9.91. The van der Waals surface area contributed by atoms with Crippen molar-refractivity contribution >= 4 is 5.78 Å². The first-order valence-corrected chi connectivity index (χ1v) is 6.75. The summed E-state index contributed by atoms with van der Waals surface area (Å²) < 4.78 is 0. The third kappa shape index (κ3) is 2.21. The molecule has 1 aromatic heterocycles. The first-order valence-electron chi connectivity index (χ1n) is 6.75. The van der Waals surface area contributed by atoms with E-state index in [1.54, 1.807) is 24.5 Å². The zero-order chi connectivity index (χ0) is 13.9. The van der Waals surface area contributed by atoms with Crippen molar-refractivity contribution in [3.8, 4) is 6.07 Å². The highest BCUT2D eigenvalue weighted by Crippen LogP contribution is 2.26. The van der Waals surface area contributed by atoms with Crippen molar-refractivity contribution in [3.05, 3.63) is 65.0 Å². The Kier molecular flexibility index (Phi) is 3.30. The monoisotopic (exact) mass is 262 g/mol. The van der Waals surface area contributed by atoms with Crippen LogP contribution in [0.5, 0.6) is 0 Å². The first kappa shape index (κ1) is 12.6. The summed E-state index contributed by atoms with van der Waals surface area (Å²) in [6.45, 7) is 0. The van der Waals surface area contributed by atoms with Gasteiger partial charge in [-0.05, 0) is 48.1 Å². The van der Waals surface area contributed by atoms with Gasteiger partial charge in [0.25, 0.3) is 0 Å². The van der Waals surface area contributed by atoms with Crippen LogP contribution in [0.25, 0.3) is 0 Å². The number of fused-ring (bicyclic) bond motifs is 1. The average molecular weight is 262 g/mol. The SMILES string of the molecule is N#CC(C(=O)c1ccc2c(c1)CCC2)c1cccnc1. The molecule has 1 heterocycles. The van der Waals surface area contributed by atoms with E-state index in [4.69, 9.17) is 0 Å². The maximum absolute atomic E-state index is 12.5. The Balaban J connectivity index is 1.94. The smallest absolute Gasteiger partial charge is 0.184 e. The van der Waals surface area contributed by atoms with Gasteiger partial charge in [-0.1, -0.05) is 18.2 Å².